The molecular formula is C12H12Cl2N2. The van der Waals surface area contributed by atoms with Gasteiger partial charge in [0.2, 0.25) is 0 Å². The third kappa shape index (κ3) is 2.89. The van der Waals surface area contributed by atoms with Gasteiger partial charge in [-0.1, -0.05) is 29.3 Å². The van der Waals surface area contributed by atoms with Gasteiger partial charge in [0.25, 0.3) is 0 Å². The summed E-state index contributed by atoms with van der Waals surface area (Å²) < 4.78 is 0. The highest BCUT2D eigenvalue weighted by atomic mass is 35.5. The summed E-state index contributed by atoms with van der Waals surface area (Å²) in [5.41, 5.74) is 0.800. The van der Waals surface area contributed by atoms with Crippen LogP contribution in [0.2, 0.25) is 10.0 Å². The van der Waals surface area contributed by atoms with Gasteiger partial charge >= 0.3 is 0 Å². The molecule has 1 unspecified atom stereocenters. The third-order valence-corrected chi connectivity index (χ3v) is 3.27. The molecule has 16 heavy (non-hydrogen) atoms. The lowest BCUT2D eigenvalue weighted by atomic mass is 10.1. The quantitative estimate of drug-likeness (QED) is 0.892. The van der Waals surface area contributed by atoms with Gasteiger partial charge in [-0.2, -0.15) is 5.26 Å². The molecule has 0 aliphatic heterocycles. The Morgan fingerprint density at radius 3 is 2.75 bits per heavy atom. The summed E-state index contributed by atoms with van der Waals surface area (Å²) in [7, 11) is 0. The molecule has 2 nitrogen and oxygen atoms in total. The predicted molar refractivity (Wildman–Crippen MR) is 65.5 cm³/mol. The lowest BCUT2D eigenvalue weighted by Gasteiger charge is -2.13. The first-order chi connectivity index (χ1) is 7.70. The van der Waals surface area contributed by atoms with E-state index in [0.717, 1.165) is 18.0 Å². The van der Waals surface area contributed by atoms with Crippen molar-refractivity contribution in [2.75, 3.05) is 6.54 Å². The molecule has 1 saturated carbocycles. The van der Waals surface area contributed by atoms with Crippen molar-refractivity contribution in [3.8, 4) is 6.07 Å². The van der Waals surface area contributed by atoms with Crippen LogP contribution in [-0.4, -0.2) is 6.54 Å². The maximum absolute atomic E-state index is 9.10. The molecule has 0 spiro atoms. The lowest BCUT2D eigenvalue weighted by Crippen LogP contribution is -2.22. The van der Waals surface area contributed by atoms with E-state index in [0.29, 0.717) is 10.0 Å². The molecule has 0 aromatic heterocycles. The third-order valence-electron chi connectivity index (χ3n) is 2.71. The maximum atomic E-state index is 9.10. The predicted octanol–water partition coefficient (Wildman–Crippen LogP) is 3.56. The molecule has 0 radical (unpaired) electrons. The van der Waals surface area contributed by atoms with Gasteiger partial charge in [-0.3, -0.25) is 5.32 Å². The second kappa shape index (κ2) is 5.05. The van der Waals surface area contributed by atoms with Crippen LogP contribution >= 0.6 is 23.2 Å². The molecule has 0 amide bonds. The number of nitrogens with zero attached hydrogens (tertiary/aromatic N) is 1. The van der Waals surface area contributed by atoms with E-state index < -0.39 is 0 Å². The number of nitrogens with one attached hydrogen (secondary N) is 1. The summed E-state index contributed by atoms with van der Waals surface area (Å²) in [6.07, 6.45) is 2.53. The molecule has 1 atom stereocenters. The van der Waals surface area contributed by atoms with Crippen molar-refractivity contribution >= 4 is 23.2 Å². The Kier molecular flexibility index (Phi) is 3.70. The van der Waals surface area contributed by atoms with E-state index in [1.54, 1.807) is 18.2 Å². The monoisotopic (exact) mass is 254 g/mol. The summed E-state index contributed by atoms with van der Waals surface area (Å²) in [6.45, 7) is 0.886. The number of nitriles is 1. The van der Waals surface area contributed by atoms with Gasteiger partial charge in [0.05, 0.1) is 6.07 Å². The van der Waals surface area contributed by atoms with E-state index in [2.05, 4.69) is 11.4 Å². The number of hydrogen-bond acceptors (Lipinski definition) is 2. The summed E-state index contributed by atoms with van der Waals surface area (Å²) >= 11 is 11.9. The fourth-order valence-electron chi connectivity index (χ4n) is 1.57. The first kappa shape index (κ1) is 11.7. The summed E-state index contributed by atoms with van der Waals surface area (Å²) in [5, 5.41) is 13.5. The van der Waals surface area contributed by atoms with Crippen molar-refractivity contribution in [2.45, 2.75) is 18.9 Å². The minimum absolute atomic E-state index is 0.342. The van der Waals surface area contributed by atoms with Crippen LogP contribution in [-0.2, 0) is 0 Å². The molecule has 84 valence electrons. The van der Waals surface area contributed by atoms with Crippen LogP contribution < -0.4 is 5.32 Å². The molecule has 0 bridgehead atoms. The van der Waals surface area contributed by atoms with Crippen molar-refractivity contribution in [1.82, 2.24) is 5.32 Å². The first-order valence-electron chi connectivity index (χ1n) is 5.28. The number of benzene rings is 1. The van der Waals surface area contributed by atoms with Crippen LogP contribution in [0.5, 0.6) is 0 Å². The Labute approximate surface area is 105 Å². The van der Waals surface area contributed by atoms with Gasteiger partial charge in [-0.25, -0.2) is 0 Å². The summed E-state index contributed by atoms with van der Waals surface area (Å²) in [6, 6.07) is 7.11. The molecule has 1 aliphatic rings. The Morgan fingerprint density at radius 1 is 1.44 bits per heavy atom. The first-order valence-corrected chi connectivity index (χ1v) is 6.04. The van der Waals surface area contributed by atoms with Gasteiger partial charge < -0.3 is 0 Å². The minimum Gasteiger partial charge on any atom is -0.298 e. The Morgan fingerprint density at radius 2 is 2.19 bits per heavy atom. The normalized spacial score (nSPS) is 16.8. The van der Waals surface area contributed by atoms with Crippen LogP contribution in [0.15, 0.2) is 18.2 Å². The standard InChI is InChI=1S/C12H12Cl2N2/c13-9-3-4-10(11(14)5-9)12(6-15)16-7-8-1-2-8/h3-5,8,12,16H,1-2,7H2. The molecule has 2 rings (SSSR count). The van der Waals surface area contributed by atoms with E-state index in [4.69, 9.17) is 28.5 Å². The minimum atomic E-state index is -0.342. The van der Waals surface area contributed by atoms with Crippen molar-refractivity contribution in [3.63, 3.8) is 0 Å². The Bertz CT molecular complexity index is 422. The fourth-order valence-corrected chi connectivity index (χ4v) is 2.08. The SMILES string of the molecule is N#CC(NCC1CC1)c1ccc(Cl)cc1Cl. The van der Waals surface area contributed by atoms with Gasteiger partial charge in [-0.15, -0.1) is 0 Å². The molecule has 1 aliphatic carbocycles. The zero-order valence-corrected chi connectivity index (χ0v) is 10.2. The average molecular weight is 255 g/mol. The smallest absolute Gasteiger partial charge is 0.122 e. The maximum Gasteiger partial charge on any atom is 0.122 e. The molecule has 0 saturated heterocycles. The second-order valence-corrected chi connectivity index (χ2v) is 4.92. The van der Waals surface area contributed by atoms with Crippen LogP contribution in [0.3, 0.4) is 0 Å². The zero-order chi connectivity index (χ0) is 11.5. The van der Waals surface area contributed by atoms with Crippen molar-refractivity contribution in [1.29, 1.82) is 5.26 Å². The fraction of sp³-hybridized carbons (Fsp3) is 0.417. The highest BCUT2D eigenvalue weighted by Crippen LogP contribution is 2.30. The molecule has 0 heterocycles. The van der Waals surface area contributed by atoms with E-state index in [-0.39, 0.29) is 6.04 Å². The van der Waals surface area contributed by atoms with E-state index in [1.807, 2.05) is 0 Å². The van der Waals surface area contributed by atoms with E-state index >= 15 is 0 Å². The lowest BCUT2D eigenvalue weighted by molar-refractivity contribution is 0.593. The largest absolute Gasteiger partial charge is 0.298 e. The molecule has 4 heteroatoms. The van der Waals surface area contributed by atoms with Crippen molar-refractivity contribution in [3.05, 3.63) is 33.8 Å². The van der Waals surface area contributed by atoms with Gasteiger partial charge in [-0.05, 0) is 37.4 Å². The topological polar surface area (TPSA) is 35.8 Å². The number of hydrogen-bond donors (Lipinski definition) is 1. The van der Waals surface area contributed by atoms with Crippen molar-refractivity contribution in [2.24, 2.45) is 5.92 Å². The van der Waals surface area contributed by atoms with Crippen LogP contribution in [0, 0.1) is 17.2 Å². The highest BCUT2D eigenvalue weighted by Gasteiger charge is 2.23. The van der Waals surface area contributed by atoms with Crippen LogP contribution in [0.1, 0.15) is 24.4 Å². The van der Waals surface area contributed by atoms with Gasteiger partial charge in [0.15, 0.2) is 0 Å². The zero-order valence-electron chi connectivity index (χ0n) is 8.71. The molecular weight excluding hydrogens is 243 g/mol. The summed E-state index contributed by atoms with van der Waals surface area (Å²) in [4.78, 5) is 0. The van der Waals surface area contributed by atoms with Crippen LogP contribution in [0.4, 0.5) is 0 Å². The molecule has 1 aromatic rings. The highest BCUT2D eigenvalue weighted by molar-refractivity contribution is 6.35. The van der Waals surface area contributed by atoms with E-state index in [1.165, 1.54) is 12.8 Å². The summed E-state index contributed by atoms with van der Waals surface area (Å²) in [5.74, 6) is 0.738. The van der Waals surface area contributed by atoms with Gasteiger partial charge in [0.1, 0.15) is 6.04 Å². The number of rotatable bonds is 4. The van der Waals surface area contributed by atoms with Crippen molar-refractivity contribution < 1.29 is 0 Å². The molecule has 1 aromatic carbocycles. The Balaban J connectivity index is 2.09. The second-order valence-electron chi connectivity index (χ2n) is 4.08. The number of halogens is 2. The Hall–Kier alpha value is -0.750. The van der Waals surface area contributed by atoms with Crippen LogP contribution in [0.25, 0.3) is 0 Å². The molecule has 1 fully saturated rings. The van der Waals surface area contributed by atoms with E-state index in [9.17, 15) is 0 Å². The molecule has 1 N–H and O–H groups in total. The van der Waals surface area contributed by atoms with Gasteiger partial charge in [0, 0.05) is 15.6 Å². The average Bonchev–Trinajstić information content (AvgIpc) is 3.05.